The van der Waals surface area contributed by atoms with Gasteiger partial charge in [-0.3, -0.25) is 4.79 Å². The van der Waals surface area contributed by atoms with Crippen molar-refractivity contribution in [2.24, 2.45) is 0 Å². The number of nitrogens with zero attached hydrogens (tertiary/aromatic N) is 1. The smallest absolute Gasteiger partial charge is 0.251 e. The number of hydrogen-bond acceptors (Lipinski definition) is 3. The van der Waals surface area contributed by atoms with Crippen molar-refractivity contribution in [2.45, 2.75) is 32.2 Å². The van der Waals surface area contributed by atoms with Crippen molar-refractivity contribution in [1.82, 2.24) is 15.3 Å². The summed E-state index contributed by atoms with van der Waals surface area (Å²) in [4.78, 5) is 18.4. The van der Waals surface area contributed by atoms with Gasteiger partial charge in [-0.15, -0.1) is 0 Å². The molecule has 1 aliphatic rings. The van der Waals surface area contributed by atoms with Gasteiger partial charge < -0.3 is 10.3 Å². The van der Waals surface area contributed by atoms with Crippen LogP contribution in [0.1, 0.15) is 36.8 Å². The van der Waals surface area contributed by atoms with Crippen molar-refractivity contribution < 1.29 is 0 Å². The lowest BCUT2D eigenvalue weighted by Gasteiger charge is -2.22. The van der Waals surface area contributed by atoms with Crippen molar-refractivity contribution in [1.29, 1.82) is 0 Å². The third kappa shape index (κ3) is 2.01. The van der Waals surface area contributed by atoms with Crippen LogP contribution in [0.25, 0.3) is 0 Å². The van der Waals surface area contributed by atoms with E-state index in [1.165, 1.54) is 18.9 Å². The molecule has 0 amide bonds. The molecule has 0 spiro atoms. The van der Waals surface area contributed by atoms with E-state index in [4.69, 9.17) is 0 Å². The second-order valence-corrected chi connectivity index (χ2v) is 3.77. The zero-order valence-corrected chi connectivity index (χ0v) is 8.34. The predicted octanol–water partition coefficient (Wildman–Crippen LogP) is 0.893. The maximum Gasteiger partial charge on any atom is 0.251 e. The largest absolute Gasteiger partial charge is 0.309 e. The number of piperidine rings is 1. The van der Waals surface area contributed by atoms with E-state index in [1.807, 2.05) is 6.92 Å². The predicted molar refractivity (Wildman–Crippen MR) is 54.2 cm³/mol. The fourth-order valence-electron chi connectivity index (χ4n) is 1.85. The van der Waals surface area contributed by atoms with Crippen LogP contribution in [0.3, 0.4) is 0 Å². The van der Waals surface area contributed by atoms with Gasteiger partial charge in [0.05, 0.1) is 6.04 Å². The summed E-state index contributed by atoms with van der Waals surface area (Å²) >= 11 is 0. The summed E-state index contributed by atoms with van der Waals surface area (Å²) in [6.07, 6.45) is 3.48. The standard InChI is InChI=1S/C10H15N3O/c1-7-6-9(14)13-10(12-7)8-4-2-3-5-11-8/h6,8,11H,2-5H2,1H3,(H,12,13,14)/t8-/m0/s1. The van der Waals surface area contributed by atoms with Crippen molar-refractivity contribution in [3.63, 3.8) is 0 Å². The molecule has 1 aliphatic heterocycles. The molecule has 76 valence electrons. The normalized spacial score (nSPS) is 22.2. The van der Waals surface area contributed by atoms with Crippen LogP contribution in [0.15, 0.2) is 10.9 Å². The van der Waals surface area contributed by atoms with Gasteiger partial charge in [0, 0.05) is 11.8 Å². The first-order valence-corrected chi connectivity index (χ1v) is 5.07. The molecule has 2 heterocycles. The minimum absolute atomic E-state index is 0.0557. The Bertz CT molecular complexity index is 366. The minimum atomic E-state index is -0.0557. The Balaban J connectivity index is 2.26. The summed E-state index contributed by atoms with van der Waals surface area (Å²) in [5.74, 6) is 0.787. The Hall–Kier alpha value is -1.16. The van der Waals surface area contributed by atoms with E-state index in [0.717, 1.165) is 24.5 Å². The Labute approximate surface area is 82.8 Å². The summed E-state index contributed by atoms with van der Waals surface area (Å²) < 4.78 is 0. The fraction of sp³-hybridized carbons (Fsp3) is 0.600. The maximum atomic E-state index is 11.2. The lowest BCUT2D eigenvalue weighted by Crippen LogP contribution is -2.30. The molecule has 4 heteroatoms. The van der Waals surface area contributed by atoms with E-state index in [9.17, 15) is 4.79 Å². The average molecular weight is 193 g/mol. The molecule has 0 radical (unpaired) electrons. The lowest BCUT2D eigenvalue weighted by atomic mass is 10.0. The Morgan fingerprint density at radius 3 is 3.00 bits per heavy atom. The van der Waals surface area contributed by atoms with Crippen LogP contribution < -0.4 is 10.9 Å². The molecule has 0 saturated carbocycles. The van der Waals surface area contributed by atoms with Crippen molar-refractivity contribution >= 4 is 0 Å². The Kier molecular flexibility index (Phi) is 2.63. The number of H-pyrrole nitrogens is 1. The molecule has 1 saturated heterocycles. The number of rotatable bonds is 1. The summed E-state index contributed by atoms with van der Waals surface area (Å²) in [6.45, 7) is 2.86. The molecular weight excluding hydrogens is 178 g/mol. The molecular formula is C10H15N3O. The number of aromatic nitrogens is 2. The van der Waals surface area contributed by atoms with Gasteiger partial charge in [0.15, 0.2) is 0 Å². The van der Waals surface area contributed by atoms with Crippen LogP contribution in [-0.2, 0) is 0 Å². The van der Waals surface area contributed by atoms with Gasteiger partial charge in [0.2, 0.25) is 0 Å². The molecule has 0 bridgehead atoms. The van der Waals surface area contributed by atoms with E-state index in [0.29, 0.717) is 0 Å². The molecule has 1 aromatic rings. The van der Waals surface area contributed by atoms with Gasteiger partial charge in [-0.05, 0) is 26.3 Å². The molecule has 0 unspecified atom stereocenters. The van der Waals surface area contributed by atoms with Crippen LogP contribution in [0.4, 0.5) is 0 Å². The number of hydrogen-bond donors (Lipinski definition) is 2. The Morgan fingerprint density at radius 2 is 2.36 bits per heavy atom. The number of aromatic amines is 1. The molecule has 0 aliphatic carbocycles. The lowest BCUT2D eigenvalue weighted by molar-refractivity contribution is 0.396. The molecule has 2 N–H and O–H groups in total. The van der Waals surface area contributed by atoms with Crippen molar-refractivity contribution in [2.75, 3.05) is 6.54 Å². The van der Waals surface area contributed by atoms with Crippen molar-refractivity contribution in [3.8, 4) is 0 Å². The van der Waals surface area contributed by atoms with Crippen molar-refractivity contribution in [3.05, 3.63) is 27.9 Å². The first-order chi connectivity index (χ1) is 6.75. The third-order valence-electron chi connectivity index (χ3n) is 2.53. The zero-order chi connectivity index (χ0) is 9.97. The summed E-state index contributed by atoms with van der Waals surface area (Å²) in [5, 5.41) is 3.36. The molecule has 1 aromatic heterocycles. The quantitative estimate of drug-likeness (QED) is 0.696. The van der Waals surface area contributed by atoms with Crippen LogP contribution in [0, 0.1) is 6.92 Å². The van der Waals surface area contributed by atoms with Crippen LogP contribution in [-0.4, -0.2) is 16.5 Å². The second-order valence-electron chi connectivity index (χ2n) is 3.77. The van der Waals surface area contributed by atoms with E-state index in [2.05, 4.69) is 15.3 Å². The monoisotopic (exact) mass is 193 g/mol. The first kappa shape index (κ1) is 9.40. The van der Waals surface area contributed by atoms with E-state index in [-0.39, 0.29) is 11.6 Å². The van der Waals surface area contributed by atoms with E-state index >= 15 is 0 Å². The second kappa shape index (κ2) is 3.92. The van der Waals surface area contributed by atoms with E-state index in [1.54, 1.807) is 0 Å². The highest BCUT2D eigenvalue weighted by molar-refractivity contribution is 5.04. The highest BCUT2D eigenvalue weighted by Crippen LogP contribution is 2.18. The highest BCUT2D eigenvalue weighted by Gasteiger charge is 2.16. The third-order valence-corrected chi connectivity index (χ3v) is 2.53. The van der Waals surface area contributed by atoms with E-state index < -0.39 is 0 Å². The van der Waals surface area contributed by atoms with Crippen LogP contribution in [0.2, 0.25) is 0 Å². The van der Waals surface area contributed by atoms with Gasteiger partial charge >= 0.3 is 0 Å². The average Bonchev–Trinajstić information content (AvgIpc) is 2.18. The molecule has 1 fully saturated rings. The summed E-state index contributed by atoms with van der Waals surface area (Å²) in [7, 11) is 0. The molecule has 14 heavy (non-hydrogen) atoms. The molecule has 1 atom stereocenters. The SMILES string of the molecule is Cc1cc(=O)[nH]c([C@@H]2CCCCN2)n1. The first-order valence-electron chi connectivity index (χ1n) is 5.07. The summed E-state index contributed by atoms with van der Waals surface area (Å²) in [6, 6.07) is 1.75. The molecule has 4 nitrogen and oxygen atoms in total. The van der Waals surface area contributed by atoms with Crippen LogP contribution in [0.5, 0.6) is 0 Å². The van der Waals surface area contributed by atoms with Gasteiger partial charge in [-0.2, -0.15) is 0 Å². The Morgan fingerprint density at radius 1 is 1.50 bits per heavy atom. The van der Waals surface area contributed by atoms with Gasteiger partial charge in [0.1, 0.15) is 5.82 Å². The minimum Gasteiger partial charge on any atom is -0.309 e. The molecule has 2 rings (SSSR count). The van der Waals surface area contributed by atoms with Gasteiger partial charge in [0.25, 0.3) is 5.56 Å². The van der Waals surface area contributed by atoms with Crippen LogP contribution >= 0.6 is 0 Å². The fourth-order valence-corrected chi connectivity index (χ4v) is 1.85. The van der Waals surface area contributed by atoms with Gasteiger partial charge in [-0.25, -0.2) is 4.98 Å². The number of aryl methyl sites for hydroxylation is 1. The maximum absolute atomic E-state index is 11.2. The van der Waals surface area contributed by atoms with Gasteiger partial charge in [-0.1, -0.05) is 6.42 Å². The molecule has 0 aromatic carbocycles. The number of nitrogens with one attached hydrogen (secondary N) is 2. The topological polar surface area (TPSA) is 57.8 Å². The highest BCUT2D eigenvalue weighted by atomic mass is 16.1. The summed E-state index contributed by atoms with van der Waals surface area (Å²) in [5.41, 5.74) is 0.732. The zero-order valence-electron chi connectivity index (χ0n) is 8.34.